The Morgan fingerprint density at radius 3 is 2.30 bits per heavy atom. The van der Waals surface area contributed by atoms with Gasteiger partial charge in [0.15, 0.2) is 0 Å². The number of carbonyl (C=O) groups is 2. The van der Waals surface area contributed by atoms with E-state index < -0.39 is 0 Å². The van der Waals surface area contributed by atoms with Crippen molar-refractivity contribution in [2.45, 2.75) is 46.5 Å². The van der Waals surface area contributed by atoms with E-state index in [1.165, 1.54) is 12.8 Å². The Morgan fingerprint density at radius 2 is 1.74 bits per heavy atom. The van der Waals surface area contributed by atoms with Crippen molar-refractivity contribution < 1.29 is 9.59 Å². The summed E-state index contributed by atoms with van der Waals surface area (Å²) in [4.78, 5) is 23.6. The molecule has 1 atom stereocenters. The maximum absolute atomic E-state index is 11.9. The number of anilines is 1. The van der Waals surface area contributed by atoms with Crippen LogP contribution in [0.5, 0.6) is 0 Å². The lowest BCUT2D eigenvalue weighted by atomic mass is 9.99. The zero-order chi connectivity index (χ0) is 17.1. The van der Waals surface area contributed by atoms with Crippen molar-refractivity contribution in [3.63, 3.8) is 0 Å². The molecular formula is C18H29N3O2. The largest absolute Gasteiger partial charge is 0.352 e. The van der Waals surface area contributed by atoms with Crippen LogP contribution in [0.25, 0.3) is 0 Å². The van der Waals surface area contributed by atoms with Crippen molar-refractivity contribution in [1.82, 2.24) is 10.6 Å². The van der Waals surface area contributed by atoms with Crippen molar-refractivity contribution in [2.24, 2.45) is 5.92 Å². The van der Waals surface area contributed by atoms with Gasteiger partial charge in [0.2, 0.25) is 0 Å². The summed E-state index contributed by atoms with van der Waals surface area (Å²) in [6, 6.07) is 6.68. The smallest absolute Gasteiger partial charge is 0.319 e. The molecule has 0 saturated heterocycles. The van der Waals surface area contributed by atoms with E-state index in [9.17, 15) is 9.59 Å². The number of carbonyl (C=O) groups excluding carboxylic acids is 2. The second-order valence-electron chi connectivity index (χ2n) is 5.69. The van der Waals surface area contributed by atoms with Crippen LogP contribution in [-0.2, 0) is 0 Å². The Hall–Kier alpha value is -2.04. The molecule has 5 heteroatoms. The molecule has 0 saturated carbocycles. The molecule has 128 valence electrons. The fraction of sp³-hybridized carbons (Fsp3) is 0.556. The van der Waals surface area contributed by atoms with Gasteiger partial charge in [-0.3, -0.25) is 4.79 Å². The summed E-state index contributed by atoms with van der Waals surface area (Å²) < 4.78 is 0. The fourth-order valence-corrected chi connectivity index (χ4v) is 2.32. The molecule has 0 aliphatic heterocycles. The predicted octanol–water partition coefficient (Wildman–Crippen LogP) is 3.77. The SMILES string of the molecule is CCCCC(CC)CNC(=O)Nc1ccc(C(=O)NCC)cc1. The van der Waals surface area contributed by atoms with Crippen LogP contribution in [0.1, 0.15) is 56.8 Å². The molecule has 5 nitrogen and oxygen atoms in total. The zero-order valence-corrected chi connectivity index (χ0v) is 14.4. The molecule has 1 unspecified atom stereocenters. The van der Waals surface area contributed by atoms with Crippen molar-refractivity contribution in [3.8, 4) is 0 Å². The number of amides is 3. The molecular weight excluding hydrogens is 290 g/mol. The van der Waals surface area contributed by atoms with Crippen molar-refractivity contribution >= 4 is 17.6 Å². The summed E-state index contributed by atoms with van der Waals surface area (Å²) in [6.45, 7) is 7.50. The third-order valence-corrected chi connectivity index (χ3v) is 3.84. The minimum absolute atomic E-state index is 0.106. The molecule has 3 amide bonds. The van der Waals surface area contributed by atoms with E-state index in [1.54, 1.807) is 24.3 Å². The second-order valence-corrected chi connectivity index (χ2v) is 5.69. The third-order valence-electron chi connectivity index (χ3n) is 3.84. The van der Waals surface area contributed by atoms with Gasteiger partial charge in [0.25, 0.3) is 5.91 Å². The Kier molecular flexibility index (Phi) is 8.80. The quantitative estimate of drug-likeness (QED) is 0.648. The number of benzene rings is 1. The van der Waals surface area contributed by atoms with Gasteiger partial charge in [-0.2, -0.15) is 0 Å². The molecule has 0 fully saturated rings. The van der Waals surface area contributed by atoms with E-state index in [-0.39, 0.29) is 11.9 Å². The van der Waals surface area contributed by atoms with Gasteiger partial charge in [0, 0.05) is 24.3 Å². The van der Waals surface area contributed by atoms with E-state index in [4.69, 9.17) is 0 Å². The predicted molar refractivity (Wildman–Crippen MR) is 94.8 cm³/mol. The van der Waals surface area contributed by atoms with E-state index in [2.05, 4.69) is 29.8 Å². The lowest BCUT2D eigenvalue weighted by Gasteiger charge is -2.15. The minimum Gasteiger partial charge on any atom is -0.352 e. The summed E-state index contributed by atoms with van der Waals surface area (Å²) in [7, 11) is 0. The van der Waals surface area contributed by atoms with Crippen LogP contribution < -0.4 is 16.0 Å². The van der Waals surface area contributed by atoms with Crippen LogP contribution in [-0.4, -0.2) is 25.0 Å². The molecule has 0 bridgehead atoms. The summed E-state index contributed by atoms with van der Waals surface area (Å²) in [6.07, 6.45) is 4.60. The Labute approximate surface area is 139 Å². The average Bonchev–Trinajstić information content (AvgIpc) is 2.56. The molecule has 1 rings (SSSR count). The molecule has 0 aromatic heterocycles. The second kappa shape index (κ2) is 10.6. The van der Waals surface area contributed by atoms with Crippen molar-refractivity contribution in [3.05, 3.63) is 29.8 Å². The number of rotatable bonds is 9. The topological polar surface area (TPSA) is 70.2 Å². The van der Waals surface area contributed by atoms with E-state index in [0.29, 0.717) is 30.3 Å². The first kappa shape index (κ1) is 19.0. The maximum Gasteiger partial charge on any atom is 0.319 e. The highest BCUT2D eigenvalue weighted by Gasteiger charge is 2.09. The normalized spacial score (nSPS) is 11.6. The monoisotopic (exact) mass is 319 g/mol. The highest BCUT2D eigenvalue weighted by Crippen LogP contribution is 2.12. The average molecular weight is 319 g/mol. The maximum atomic E-state index is 11.9. The van der Waals surface area contributed by atoms with Crippen LogP contribution in [0.2, 0.25) is 0 Å². The first-order valence-electron chi connectivity index (χ1n) is 8.53. The number of hydrogen-bond donors (Lipinski definition) is 3. The molecule has 0 spiro atoms. The number of urea groups is 1. The molecule has 0 aliphatic rings. The van der Waals surface area contributed by atoms with E-state index in [0.717, 1.165) is 12.8 Å². The van der Waals surface area contributed by atoms with Crippen LogP contribution in [0, 0.1) is 5.92 Å². The van der Waals surface area contributed by atoms with Gasteiger partial charge in [-0.25, -0.2) is 4.79 Å². The lowest BCUT2D eigenvalue weighted by Crippen LogP contribution is -2.33. The Balaban J connectivity index is 2.43. The van der Waals surface area contributed by atoms with Gasteiger partial charge in [-0.15, -0.1) is 0 Å². The van der Waals surface area contributed by atoms with Crippen LogP contribution >= 0.6 is 0 Å². The summed E-state index contributed by atoms with van der Waals surface area (Å²) >= 11 is 0. The summed E-state index contributed by atoms with van der Waals surface area (Å²) in [5.41, 5.74) is 1.26. The number of nitrogens with one attached hydrogen (secondary N) is 3. The molecule has 23 heavy (non-hydrogen) atoms. The van der Waals surface area contributed by atoms with Gasteiger partial charge in [-0.05, 0) is 43.5 Å². The summed E-state index contributed by atoms with van der Waals surface area (Å²) in [5.74, 6) is 0.422. The molecule has 3 N–H and O–H groups in total. The van der Waals surface area contributed by atoms with Gasteiger partial charge in [0.05, 0.1) is 0 Å². The standard InChI is InChI=1S/C18H29N3O2/c1-4-7-8-14(5-2)13-20-18(23)21-16-11-9-15(10-12-16)17(22)19-6-3/h9-12,14H,4-8,13H2,1-3H3,(H,19,22)(H2,20,21,23). The minimum atomic E-state index is -0.203. The Morgan fingerprint density at radius 1 is 1.04 bits per heavy atom. The van der Waals surface area contributed by atoms with Gasteiger partial charge in [0.1, 0.15) is 0 Å². The molecule has 0 heterocycles. The fourth-order valence-electron chi connectivity index (χ4n) is 2.32. The van der Waals surface area contributed by atoms with E-state index in [1.807, 2.05) is 6.92 Å². The first-order valence-corrected chi connectivity index (χ1v) is 8.53. The van der Waals surface area contributed by atoms with Gasteiger partial charge < -0.3 is 16.0 Å². The van der Waals surface area contributed by atoms with Crippen LogP contribution in [0.15, 0.2) is 24.3 Å². The lowest BCUT2D eigenvalue weighted by molar-refractivity contribution is 0.0956. The van der Waals surface area contributed by atoms with Crippen molar-refractivity contribution in [1.29, 1.82) is 0 Å². The summed E-state index contributed by atoms with van der Waals surface area (Å²) in [5, 5.41) is 8.45. The number of hydrogen-bond acceptors (Lipinski definition) is 2. The van der Waals surface area contributed by atoms with Crippen LogP contribution in [0.4, 0.5) is 10.5 Å². The zero-order valence-electron chi connectivity index (χ0n) is 14.4. The van der Waals surface area contributed by atoms with E-state index >= 15 is 0 Å². The Bertz CT molecular complexity index is 486. The highest BCUT2D eigenvalue weighted by atomic mass is 16.2. The molecule has 1 aromatic rings. The third kappa shape index (κ3) is 7.17. The molecule has 0 radical (unpaired) electrons. The van der Waals surface area contributed by atoms with Gasteiger partial charge in [-0.1, -0.05) is 33.1 Å². The first-order chi connectivity index (χ1) is 11.1. The highest BCUT2D eigenvalue weighted by molar-refractivity contribution is 5.95. The van der Waals surface area contributed by atoms with Gasteiger partial charge >= 0.3 is 6.03 Å². The number of unbranched alkanes of at least 4 members (excludes halogenated alkanes) is 1. The molecule has 0 aliphatic carbocycles. The van der Waals surface area contributed by atoms with Crippen molar-refractivity contribution in [2.75, 3.05) is 18.4 Å². The van der Waals surface area contributed by atoms with Crippen LogP contribution in [0.3, 0.4) is 0 Å². The molecule has 1 aromatic carbocycles.